The molecule has 0 spiro atoms. The zero-order valence-electron chi connectivity index (χ0n) is 19.8. The van der Waals surface area contributed by atoms with Gasteiger partial charge in [-0.3, -0.25) is 4.79 Å². The number of carbonyl (C=O) groups excluding carboxylic acids is 2. The van der Waals surface area contributed by atoms with Crippen LogP contribution in [0.15, 0.2) is 0 Å². The molecule has 1 aliphatic rings. The van der Waals surface area contributed by atoms with E-state index in [-0.39, 0.29) is 18.7 Å². The first-order chi connectivity index (χ1) is 15.0. The van der Waals surface area contributed by atoms with Gasteiger partial charge in [-0.2, -0.15) is 0 Å². The SMILES string of the molecule is C#C[C@]1(COC(=O)CCCCCCCCC)O[C@@H](C)C[C@@H]1OC(=O)OCCCCCC. The van der Waals surface area contributed by atoms with Gasteiger partial charge in [0.1, 0.15) is 6.61 Å². The van der Waals surface area contributed by atoms with Gasteiger partial charge in [0, 0.05) is 12.8 Å². The molecule has 0 saturated carbocycles. The van der Waals surface area contributed by atoms with Crippen LogP contribution in [0.2, 0.25) is 0 Å². The largest absolute Gasteiger partial charge is 0.508 e. The lowest BCUT2D eigenvalue weighted by Crippen LogP contribution is -2.45. The monoisotopic (exact) mass is 438 g/mol. The summed E-state index contributed by atoms with van der Waals surface area (Å²) in [6, 6.07) is 0. The molecule has 6 heteroatoms. The van der Waals surface area contributed by atoms with Crippen LogP contribution in [0.25, 0.3) is 0 Å². The first kappa shape index (κ1) is 27.3. The Morgan fingerprint density at radius 2 is 1.58 bits per heavy atom. The molecule has 1 heterocycles. The van der Waals surface area contributed by atoms with Crippen molar-refractivity contribution in [1.82, 2.24) is 0 Å². The first-order valence-electron chi connectivity index (χ1n) is 12.1. The summed E-state index contributed by atoms with van der Waals surface area (Å²) in [6.07, 6.45) is 16.8. The van der Waals surface area contributed by atoms with Crippen molar-refractivity contribution in [2.45, 2.75) is 122 Å². The number of unbranched alkanes of at least 4 members (excludes halogenated alkanes) is 9. The molecule has 0 aromatic rings. The standard InChI is InChI=1S/C25H42O6/c1-5-8-10-12-13-14-15-17-23(26)29-20-25(7-3)22(19-21(4)31-25)30-24(27)28-18-16-11-9-6-2/h3,21-22H,5-6,8-20H2,1-2,4H3/t21-,22-,25+/m0/s1. The highest BCUT2D eigenvalue weighted by molar-refractivity contribution is 5.69. The molecule has 1 rings (SSSR count). The average Bonchev–Trinajstić information content (AvgIpc) is 3.06. The van der Waals surface area contributed by atoms with E-state index in [9.17, 15) is 9.59 Å². The van der Waals surface area contributed by atoms with E-state index in [0.717, 1.165) is 44.9 Å². The van der Waals surface area contributed by atoms with Gasteiger partial charge in [0.25, 0.3) is 0 Å². The van der Waals surface area contributed by atoms with Gasteiger partial charge < -0.3 is 18.9 Å². The lowest BCUT2D eigenvalue weighted by Gasteiger charge is -2.28. The van der Waals surface area contributed by atoms with Crippen LogP contribution in [-0.4, -0.2) is 43.1 Å². The van der Waals surface area contributed by atoms with Crippen molar-refractivity contribution in [3.05, 3.63) is 0 Å². The molecule has 0 aliphatic carbocycles. The van der Waals surface area contributed by atoms with Gasteiger partial charge in [0.2, 0.25) is 0 Å². The van der Waals surface area contributed by atoms with Crippen molar-refractivity contribution >= 4 is 12.1 Å². The van der Waals surface area contributed by atoms with Crippen LogP contribution in [0.1, 0.15) is 104 Å². The molecule has 0 amide bonds. The Morgan fingerprint density at radius 3 is 2.23 bits per heavy atom. The Kier molecular flexibility index (Phi) is 14.1. The minimum absolute atomic E-state index is 0.127. The van der Waals surface area contributed by atoms with E-state index in [4.69, 9.17) is 25.4 Å². The quantitative estimate of drug-likeness (QED) is 0.168. The summed E-state index contributed by atoms with van der Waals surface area (Å²) in [7, 11) is 0. The maximum atomic E-state index is 12.2. The lowest BCUT2D eigenvalue weighted by molar-refractivity contribution is -0.154. The van der Waals surface area contributed by atoms with Gasteiger partial charge in [-0.1, -0.05) is 77.6 Å². The van der Waals surface area contributed by atoms with Crippen LogP contribution in [0.5, 0.6) is 0 Å². The summed E-state index contributed by atoms with van der Waals surface area (Å²) in [6.45, 7) is 6.36. The van der Waals surface area contributed by atoms with E-state index < -0.39 is 17.9 Å². The van der Waals surface area contributed by atoms with E-state index in [2.05, 4.69) is 19.8 Å². The van der Waals surface area contributed by atoms with Crippen LogP contribution in [0.3, 0.4) is 0 Å². The van der Waals surface area contributed by atoms with Gasteiger partial charge in [-0.25, -0.2) is 4.79 Å². The fourth-order valence-corrected chi connectivity index (χ4v) is 3.73. The van der Waals surface area contributed by atoms with E-state index >= 15 is 0 Å². The minimum atomic E-state index is -1.27. The Morgan fingerprint density at radius 1 is 0.968 bits per heavy atom. The lowest BCUT2D eigenvalue weighted by atomic mass is 9.98. The summed E-state index contributed by atoms with van der Waals surface area (Å²) in [5, 5.41) is 0. The molecule has 1 saturated heterocycles. The molecule has 178 valence electrons. The van der Waals surface area contributed by atoms with Crippen molar-refractivity contribution in [2.24, 2.45) is 0 Å². The van der Waals surface area contributed by atoms with E-state index in [1.165, 1.54) is 25.7 Å². The van der Waals surface area contributed by atoms with E-state index in [1.54, 1.807) is 0 Å². The Labute approximate surface area is 188 Å². The van der Waals surface area contributed by atoms with Gasteiger partial charge in [-0.05, 0) is 19.8 Å². The molecule has 1 fully saturated rings. The predicted molar refractivity (Wildman–Crippen MR) is 121 cm³/mol. The summed E-state index contributed by atoms with van der Waals surface area (Å²) < 4.78 is 21.9. The third-order valence-electron chi connectivity index (χ3n) is 5.61. The molecule has 0 unspecified atom stereocenters. The minimum Gasteiger partial charge on any atom is -0.461 e. The molecule has 0 radical (unpaired) electrons. The first-order valence-corrected chi connectivity index (χ1v) is 12.1. The number of hydrogen-bond donors (Lipinski definition) is 0. The second-order valence-electron chi connectivity index (χ2n) is 8.50. The van der Waals surface area contributed by atoms with Gasteiger partial charge in [0.15, 0.2) is 11.7 Å². The van der Waals surface area contributed by atoms with Crippen molar-refractivity contribution in [1.29, 1.82) is 0 Å². The molecule has 0 aromatic carbocycles. The molecule has 6 nitrogen and oxygen atoms in total. The number of terminal acetylenes is 1. The predicted octanol–water partition coefficient (Wildman–Crippen LogP) is 5.95. The van der Waals surface area contributed by atoms with Gasteiger partial charge in [-0.15, -0.1) is 6.42 Å². The van der Waals surface area contributed by atoms with Crippen molar-refractivity contribution in [3.63, 3.8) is 0 Å². The molecule has 31 heavy (non-hydrogen) atoms. The Bertz CT molecular complexity index is 555. The fraction of sp³-hybridized carbons (Fsp3) is 0.840. The molecule has 0 N–H and O–H groups in total. The molecule has 1 aliphatic heterocycles. The molecular weight excluding hydrogens is 396 g/mol. The van der Waals surface area contributed by atoms with Crippen molar-refractivity contribution in [3.8, 4) is 12.3 Å². The number of carbonyl (C=O) groups is 2. The highest BCUT2D eigenvalue weighted by atomic mass is 16.7. The van der Waals surface area contributed by atoms with Crippen molar-refractivity contribution in [2.75, 3.05) is 13.2 Å². The van der Waals surface area contributed by atoms with Crippen LogP contribution in [0, 0.1) is 12.3 Å². The summed E-state index contributed by atoms with van der Waals surface area (Å²) >= 11 is 0. The zero-order valence-corrected chi connectivity index (χ0v) is 19.8. The van der Waals surface area contributed by atoms with Crippen molar-refractivity contribution < 1.29 is 28.5 Å². The van der Waals surface area contributed by atoms with Gasteiger partial charge >= 0.3 is 12.1 Å². The smallest absolute Gasteiger partial charge is 0.461 e. The third kappa shape index (κ3) is 10.9. The molecule has 3 atom stereocenters. The maximum absolute atomic E-state index is 12.2. The summed E-state index contributed by atoms with van der Waals surface area (Å²) in [5.74, 6) is 2.26. The highest BCUT2D eigenvalue weighted by Gasteiger charge is 2.50. The molecule has 0 bridgehead atoms. The number of hydrogen-bond acceptors (Lipinski definition) is 6. The second kappa shape index (κ2) is 16.0. The highest BCUT2D eigenvalue weighted by Crippen LogP contribution is 2.33. The Hall–Kier alpha value is -1.74. The topological polar surface area (TPSA) is 71.1 Å². The summed E-state index contributed by atoms with van der Waals surface area (Å²) in [4.78, 5) is 24.2. The maximum Gasteiger partial charge on any atom is 0.508 e. The van der Waals surface area contributed by atoms with Crippen LogP contribution < -0.4 is 0 Å². The number of rotatable bonds is 16. The normalized spacial score (nSPS) is 22.6. The van der Waals surface area contributed by atoms with Crippen LogP contribution in [-0.2, 0) is 23.7 Å². The van der Waals surface area contributed by atoms with Crippen LogP contribution in [0.4, 0.5) is 4.79 Å². The zero-order chi connectivity index (χ0) is 23.0. The Balaban J connectivity index is 2.39. The third-order valence-corrected chi connectivity index (χ3v) is 5.61. The number of esters is 1. The molecular formula is C25H42O6. The summed E-state index contributed by atoms with van der Waals surface area (Å²) in [5.41, 5.74) is -1.27. The fourth-order valence-electron chi connectivity index (χ4n) is 3.73. The second-order valence-corrected chi connectivity index (χ2v) is 8.50. The van der Waals surface area contributed by atoms with Crippen LogP contribution >= 0.6 is 0 Å². The van der Waals surface area contributed by atoms with E-state index in [0.29, 0.717) is 19.4 Å². The van der Waals surface area contributed by atoms with Gasteiger partial charge in [0.05, 0.1) is 12.7 Å². The van der Waals surface area contributed by atoms with E-state index in [1.807, 2.05) is 6.92 Å². The number of ether oxygens (including phenoxy) is 4. The average molecular weight is 439 g/mol. The molecule has 0 aromatic heterocycles.